The number of anilines is 1. The van der Waals surface area contributed by atoms with E-state index in [4.69, 9.17) is 4.74 Å². The molecule has 0 aromatic heterocycles. The van der Waals surface area contributed by atoms with Gasteiger partial charge in [0.2, 0.25) is 0 Å². The summed E-state index contributed by atoms with van der Waals surface area (Å²) in [5.74, 6) is -0.632. The summed E-state index contributed by atoms with van der Waals surface area (Å²) in [4.78, 5) is 9.84. The fourth-order valence-electron chi connectivity index (χ4n) is 1.74. The van der Waals surface area contributed by atoms with E-state index in [0.717, 1.165) is 12.6 Å². The molecule has 0 bridgehead atoms. The Morgan fingerprint density at radius 3 is 3.06 bits per heavy atom. The number of nitro benzene ring substituents is 1. The molecule has 7 heteroatoms. The fraction of sp³-hybridized carbons (Fsp3) is 0.455. The highest BCUT2D eigenvalue weighted by atomic mass is 19.1. The first-order valence-corrected chi connectivity index (χ1v) is 5.67. The Kier molecular flexibility index (Phi) is 4.06. The molecule has 98 valence electrons. The van der Waals surface area contributed by atoms with Crippen molar-refractivity contribution in [3.8, 4) is 0 Å². The molecule has 1 atom stereocenters. The fourth-order valence-corrected chi connectivity index (χ4v) is 1.74. The van der Waals surface area contributed by atoms with Gasteiger partial charge in [-0.25, -0.2) is 4.39 Å². The van der Waals surface area contributed by atoms with E-state index in [1.54, 1.807) is 0 Å². The van der Waals surface area contributed by atoms with Crippen LogP contribution in [0.2, 0.25) is 0 Å². The third-order valence-corrected chi connectivity index (χ3v) is 2.69. The Labute approximate surface area is 103 Å². The summed E-state index contributed by atoms with van der Waals surface area (Å²) in [6.07, 6.45) is -0.0201. The lowest BCUT2D eigenvalue weighted by Gasteiger charge is -2.24. The Bertz CT molecular complexity index is 436. The maximum atomic E-state index is 13.5. The van der Waals surface area contributed by atoms with Gasteiger partial charge >= 0.3 is 0 Å². The number of benzene rings is 1. The van der Waals surface area contributed by atoms with Crippen LogP contribution >= 0.6 is 0 Å². The molecule has 1 aromatic rings. The van der Waals surface area contributed by atoms with Crippen LogP contribution in [0, 0.1) is 15.9 Å². The van der Waals surface area contributed by atoms with Crippen molar-refractivity contribution in [2.75, 3.05) is 31.6 Å². The molecule has 1 aliphatic heterocycles. The van der Waals surface area contributed by atoms with E-state index < -0.39 is 10.7 Å². The number of nitrogens with zero attached hydrogens (tertiary/aromatic N) is 1. The van der Waals surface area contributed by atoms with Crippen LogP contribution in [0.15, 0.2) is 18.2 Å². The van der Waals surface area contributed by atoms with Crippen LogP contribution in [0.5, 0.6) is 0 Å². The molecule has 2 N–H and O–H groups in total. The standard InChI is InChI=1S/C11H14FN3O3/c12-10-5-8(15(16)17)1-2-11(10)14-7-9-6-13-3-4-18-9/h1-2,5,9,13-14H,3-4,6-7H2. The first-order valence-electron chi connectivity index (χ1n) is 5.67. The monoisotopic (exact) mass is 255 g/mol. The predicted molar refractivity (Wildman–Crippen MR) is 64.2 cm³/mol. The van der Waals surface area contributed by atoms with Gasteiger partial charge in [0.15, 0.2) is 5.82 Å². The predicted octanol–water partition coefficient (Wildman–Crippen LogP) is 1.13. The van der Waals surface area contributed by atoms with Crippen LogP contribution in [-0.2, 0) is 4.74 Å². The lowest BCUT2D eigenvalue weighted by molar-refractivity contribution is -0.385. The van der Waals surface area contributed by atoms with Crippen molar-refractivity contribution in [2.24, 2.45) is 0 Å². The third kappa shape index (κ3) is 3.14. The van der Waals surface area contributed by atoms with Crippen LogP contribution in [0.1, 0.15) is 0 Å². The topological polar surface area (TPSA) is 76.4 Å². The third-order valence-electron chi connectivity index (χ3n) is 2.69. The quantitative estimate of drug-likeness (QED) is 0.623. The van der Waals surface area contributed by atoms with Gasteiger partial charge in [0.25, 0.3) is 5.69 Å². The Balaban J connectivity index is 1.94. The molecular weight excluding hydrogens is 241 g/mol. The normalized spacial score (nSPS) is 19.5. The summed E-state index contributed by atoms with van der Waals surface area (Å²) >= 11 is 0. The van der Waals surface area contributed by atoms with Crippen LogP contribution in [0.25, 0.3) is 0 Å². The summed E-state index contributed by atoms with van der Waals surface area (Å²) in [6.45, 7) is 2.63. The van der Waals surface area contributed by atoms with Crippen molar-refractivity contribution < 1.29 is 14.1 Å². The summed E-state index contributed by atoms with van der Waals surface area (Å²) in [5.41, 5.74) is -0.0107. The summed E-state index contributed by atoms with van der Waals surface area (Å²) < 4.78 is 19.0. The minimum Gasteiger partial charge on any atom is -0.380 e. The number of nitrogens with one attached hydrogen (secondary N) is 2. The Hall–Kier alpha value is -1.73. The molecule has 0 amide bonds. The van der Waals surface area contributed by atoms with E-state index in [1.165, 1.54) is 12.1 Å². The van der Waals surface area contributed by atoms with Crippen molar-refractivity contribution >= 4 is 11.4 Å². The van der Waals surface area contributed by atoms with E-state index in [1.807, 2.05) is 0 Å². The average Bonchev–Trinajstić information content (AvgIpc) is 2.38. The first-order chi connectivity index (χ1) is 8.66. The van der Waals surface area contributed by atoms with Gasteiger partial charge in [-0.2, -0.15) is 0 Å². The van der Waals surface area contributed by atoms with Gasteiger partial charge in [0.05, 0.1) is 29.4 Å². The van der Waals surface area contributed by atoms with E-state index in [9.17, 15) is 14.5 Å². The van der Waals surface area contributed by atoms with Gasteiger partial charge in [-0.1, -0.05) is 0 Å². The average molecular weight is 255 g/mol. The van der Waals surface area contributed by atoms with Crippen LogP contribution < -0.4 is 10.6 Å². The second-order valence-corrected chi connectivity index (χ2v) is 4.00. The minimum atomic E-state index is -0.632. The zero-order valence-electron chi connectivity index (χ0n) is 9.69. The van der Waals surface area contributed by atoms with E-state index >= 15 is 0 Å². The molecule has 0 radical (unpaired) electrons. The molecule has 1 unspecified atom stereocenters. The van der Waals surface area contributed by atoms with Gasteiger partial charge < -0.3 is 15.4 Å². The van der Waals surface area contributed by atoms with E-state index in [2.05, 4.69) is 10.6 Å². The number of hydrogen-bond acceptors (Lipinski definition) is 5. The second-order valence-electron chi connectivity index (χ2n) is 4.00. The number of non-ortho nitro benzene ring substituents is 1. The van der Waals surface area contributed by atoms with Gasteiger partial charge in [-0.3, -0.25) is 10.1 Å². The Morgan fingerprint density at radius 2 is 2.44 bits per heavy atom. The highest BCUT2D eigenvalue weighted by Crippen LogP contribution is 2.20. The van der Waals surface area contributed by atoms with Crippen molar-refractivity contribution in [3.05, 3.63) is 34.1 Å². The first kappa shape index (κ1) is 12.7. The molecule has 0 aliphatic carbocycles. The number of hydrogen-bond donors (Lipinski definition) is 2. The minimum absolute atomic E-state index is 0.0201. The number of ether oxygens (including phenoxy) is 1. The van der Waals surface area contributed by atoms with Crippen molar-refractivity contribution in [2.45, 2.75) is 6.10 Å². The molecule has 1 aliphatic rings. The zero-order valence-corrected chi connectivity index (χ0v) is 9.69. The molecule has 2 rings (SSSR count). The smallest absolute Gasteiger partial charge is 0.272 e. The van der Waals surface area contributed by atoms with E-state index in [0.29, 0.717) is 19.7 Å². The molecule has 1 fully saturated rings. The molecule has 0 spiro atoms. The van der Waals surface area contributed by atoms with Gasteiger partial charge in [-0.15, -0.1) is 0 Å². The number of rotatable bonds is 4. The SMILES string of the molecule is O=[N+]([O-])c1ccc(NCC2CNCCO2)c(F)c1. The molecule has 0 saturated carbocycles. The van der Waals surface area contributed by atoms with Gasteiger partial charge in [0, 0.05) is 25.7 Å². The van der Waals surface area contributed by atoms with Gasteiger partial charge in [-0.05, 0) is 6.07 Å². The maximum Gasteiger partial charge on any atom is 0.272 e. The van der Waals surface area contributed by atoms with Gasteiger partial charge in [0.1, 0.15) is 0 Å². The van der Waals surface area contributed by atoms with Crippen LogP contribution in [-0.4, -0.2) is 37.3 Å². The number of halogens is 1. The summed E-state index contributed by atoms with van der Waals surface area (Å²) in [6, 6.07) is 3.54. The summed E-state index contributed by atoms with van der Waals surface area (Å²) in [5, 5.41) is 16.5. The van der Waals surface area contributed by atoms with Crippen molar-refractivity contribution in [1.29, 1.82) is 0 Å². The molecule has 6 nitrogen and oxygen atoms in total. The van der Waals surface area contributed by atoms with Crippen LogP contribution in [0.4, 0.5) is 15.8 Å². The lowest BCUT2D eigenvalue weighted by Crippen LogP contribution is -2.42. The zero-order chi connectivity index (χ0) is 13.0. The van der Waals surface area contributed by atoms with E-state index in [-0.39, 0.29) is 17.5 Å². The highest BCUT2D eigenvalue weighted by molar-refractivity contribution is 5.50. The number of nitro groups is 1. The number of morpholine rings is 1. The second kappa shape index (κ2) is 5.74. The molecule has 18 heavy (non-hydrogen) atoms. The van der Waals surface area contributed by atoms with Crippen molar-refractivity contribution in [1.82, 2.24) is 5.32 Å². The molecular formula is C11H14FN3O3. The highest BCUT2D eigenvalue weighted by Gasteiger charge is 2.15. The maximum absolute atomic E-state index is 13.5. The molecule has 1 aromatic carbocycles. The lowest BCUT2D eigenvalue weighted by atomic mass is 10.2. The van der Waals surface area contributed by atoms with Crippen LogP contribution in [0.3, 0.4) is 0 Å². The summed E-state index contributed by atoms with van der Waals surface area (Å²) in [7, 11) is 0. The van der Waals surface area contributed by atoms with Crippen molar-refractivity contribution in [3.63, 3.8) is 0 Å². The molecule has 1 saturated heterocycles. The Morgan fingerprint density at radius 1 is 1.61 bits per heavy atom. The molecule has 1 heterocycles. The largest absolute Gasteiger partial charge is 0.380 e.